The van der Waals surface area contributed by atoms with Gasteiger partial charge in [0.2, 0.25) is 0 Å². The topological polar surface area (TPSA) is 46.5 Å². The molecule has 1 aliphatic carbocycles. The monoisotopic (exact) mass is 166 g/mol. The van der Waals surface area contributed by atoms with Gasteiger partial charge in [-0.2, -0.15) is 0 Å². The van der Waals surface area contributed by atoms with Crippen LogP contribution >= 0.6 is 0 Å². The Morgan fingerprint density at radius 1 is 1.33 bits per heavy atom. The number of fused-ring (bicyclic) bond motifs is 5. The number of hydrogen-bond donors (Lipinski definition) is 1. The first kappa shape index (κ1) is 6.66. The van der Waals surface area contributed by atoms with Crippen LogP contribution in [0.1, 0.15) is 12.8 Å². The maximum Gasteiger partial charge on any atom is 0.165 e. The first-order valence-corrected chi connectivity index (χ1v) is 4.37. The van der Waals surface area contributed by atoms with Gasteiger partial charge in [-0.3, -0.25) is 4.79 Å². The molecule has 12 heavy (non-hydrogen) atoms. The molecule has 3 nitrogen and oxygen atoms in total. The smallest absolute Gasteiger partial charge is 0.165 e. The molecular weight excluding hydrogens is 156 g/mol. The van der Waals surface area contributed by atoms with E-state index in [2.05, 4.69) is 0 Å². The van der Waals surface area contributed by atoms with Crippen molar-refractivity contribution in [3.8, 4) is 0 Å². The van der Waals surface area contributed by atoms with Crippen molar-refractivity contribution in [1.29, 1.82) is 0 Å². The molecule has 0 aromatic rings. The zero-order chi connectivity index (χ0) is 8.29. The van der Waals surface area contributed by atoms with Gasteiger partial charge in [0.15, 0.2) is 5.78 Å². The van der Waals surface area contributed by atoms with E-state index in [1.54, 1.807) is 0 Å². The Balaban J connectivity index is 2.03. The molecule has 2 saturated heterocycles. The standard InChI is InChI=1S/C9H10O3/c10-4-3-5(11)9-7-2-1-6(12-7)8(4)9/h3,6-10H,1-2H2/t6-,7-,8-,9-/m1/s1. The highest BCUT2D eigenvalue weighted by molar-refractivity contribution is 5.96. The molecule has 2 heterocycles. The van der Waals surface area contributed by atoms with E-state index in [-0.39, 0.29) is 35.6 Å². The van der Waals surface area contributed by atoms with Crippen molar-refractivity contribution in [2.75, 3.05) is 0 Å². The summed E-state index contributed by atoms with van der Waals surface area (Å²) >= 11 is 0. The largest absolute Gasteiger partial charge is 0.512 e. The summed E-state index contributed by atoms with van der Waals surface area (Å²) in [6.07, 6.45) is 3.56. The summed E-state index contributed by atoms with van der Waals surface area (Å²) in [6, 6.07) is 0. The van der Waals surface area contributed by atoms with Gasteiger partial charge in [-0.25, -0.2) is 0 Å². The van der Waals surface area contributed by atoms with Crippen LogP contribution in [0.4, 0.5) is 0 Å². The fraction of sp³-hybridized carbons (Fsp3) is 0.667. The fourth-order valence-corrected chi connectivity index (χ4v) is 2.75. The Labute approximate surface area is 70.0 Å². The first-order valence-electron chi connectivity index (χ1n) is 4.37. The molecule has 3 heteroatoms. The van der Waals surface area contributed by atoms with Crippen LogP contribution in [-0.4, -0.2) is 23.1 Å². The molecule has 0 unspecified atom stereocenters. The predicted octanol–water partition coefficient (Wildman–Crippen LogP) is 0.805. The highest BCUT2D eigenvalue weighted by Gasteiger charge is 2.56. The first-order chi connectivity index (χ1) is 5.77. The van der Waals surface area contributed by atoms with Gasteiger partial charge in [0.25, 0.3) is 0 Å². The lowest BCUT2D eigenvalue weighted by molar-refractivity contribution is -0.119. The van der Waals surface area contributed by atoms with Crippen molar-refractivity contribution in [3.63, 3.8) is 0 Å². The van der Waals surface area contributed by atoms with Gasteiger partial charge >= 0.3 is 0 Å². The third-order valence-corrected chi connectivity index (χ3v) is 3.23. The number of carbonyl (C=O) groups is 1. The summed E-state index contributed by atoms with van der Waals surface area (Å²) < 4.78 is 5.56. The zero-order valence-electron chi connectivity index (χ0n) is 6.56. The molecule has 0 aromatic carbocycles. The minimum absolute atomic E-state index is 0.00347. The van der Waals surface area contributed by atoms with E-state index in [9.17, 15) is 9.90 Å². The lowest BCUT2D eigenvalue weighted by Crippen LogP contribution is -2.28. The van der Waals surface area contributed by atoms with Crippen LogP contribution in [-0.2, 0) is 9.53 Å². The number of rotatable bonds is 0. The molecule has 2 aliphatic heterocycles. The van der Waals surface area contributed by atoms with Gasteiger partial charge in [0.1, 0.15) is 5.76 Å². The average molecular weight is 166 g/mol. The van der Waals surface area contributed by atoms with E-state index in [0.717, 1.165) is 12.8 Å². The summed E-state index contributed by atoms with van der Waals surface area (Å²) in [7, 11) is 0. The molecule has 3 aliphatic rings. The van der Waals surface area contributed by atoms with E-state index in [1.165, 1.54) is 6.08 Å². The predicted molar refractivity (Wildman–Crippen MR) is 40.6 cm³/mol. The lowest BCUT2D eigenvalue weighted by Gasteiger charge is -2.19. The molecule has 0 amide bonds. The number of allylic oxidation sites excluding steroid dienone is 1. The second-order valence-electron chi connectivity index (χ2n) is 3.81. The highest BCUT2D eigenvalue weighted by atomic mass is 16.5. The third kappa shape index (κ3) is 0.591. The van der Waals surface area contributed by atoms with Crippen molar-refractivity contribution >= 4 is 5.78 Å². The number of aliphatic hydroxyl groups excluding tert-OH is 1. The molecule has 1 N–H and O–H groups in total. The maximum absolute atomic E-state index is 11.3. The number of aliphatic hydroxyl groups is 1. The minimum Gasteiger partial charge on any atom is -0.512 e. The van der Waals surface area contributed by atoms with Gasteiger partial charge in [-0.15, -0.1) is 0 Å². The molecular formula is C9H10O3. The van der Waals surface area contributed by atoms with Crippen LogP contribution in [0.2, 0.25) is 0 Å². The molecule has 2 bridgehead atoms. The molecule has 3 rings (SSSR count). The van der Waals surface area contributed by atoms with Crippen LogP contribution in [0.25, 0.3) is 0 Å². The van der Waals surface area contributed by atoms with E-state index in [4.69, 9.17) is 4.74 Å². The summed E-state index contributed by atoms with van der Waals surface area (Å²) in [5.41, 5.74) is 0. The SMILES string of the molecule is O=C1C=C(O)[C@H]2[C@H]1[C@H]1CC[C@H]2O1. The Morgan fingerprint density at radius 2 is 2.00 bits per heavy atom. The third-order valence-electron chi connectivity index (χ3n) is 3.23. The molecule has 0 radical (unpaired) electrons. The zero-order valence-corrected chi connectivity index (χ0v) is 6.56. The highest BCUT2D eigenvalue weighted by Crippen LogP contribution is 2.49. The van der Waals surface area contributed by atoms with Gasteiger partial charge < -0.3 is 9.84 Å². The molecule has 0 saturated carbocycles. The van der Waals surface area contributed by atoms with Crippen LogP contribution in [0.15, 0.2) is 11.8 Å². The average Bonchev–Trinajstić information content (AvgIpc) is 2.64. The van der Waals surface area contributed by atoms with Gasteiger partial charge in [0.05, 0.1) is 24.0 Å². The molecule has 64 valence electrons. The van der Waals surface area contributed by atoms with Crippen molar-refractivity contribution < 1.29 is 14.6 Å². The van der Waals surface area contributed by atoms with E-state index < -0.39 is 0 Å². The minimum atomic E-state index is -0.0521. The Morgan fingerprint density at radius 3 is 2.67 bits per heavy atom. The van der Waals surface area contributed by atoms with Crippen molar-refractivity contribution in [3.05, 3.63) is 11.8 Å². The van der Waals surface area contributed by atoms with Gasteiger partial charge in [0, 0.05) is 6.08 Å². The number of ether oxygens (including phenoxy) is 1. The summed E-state index contributed by atoms with van der Waals surface area (Å²) in [5.74, 6) is 0.252. The molecule has 0 aromatic heterocycles. The Bertz CT molecular complexity index is 281. The van der Waals surface area contributed by atoms with Crippen LogP contribution in [0, 0.1) is 11.8 Å². The molecule has 0 spiro atoms. The molecule has 4 atom stereocenters. The fourth-order valence-electron chi connectivity index (χ4n) is 2.75. The number of carbonyl (C=O) groups excluding carboxylic acids is 1. The van der Waals surface area contributed by atoms with Crippen LogP contribution < -0.4 is 0 Å². The number of hydrogen-bond acceptors (Lipinski definition) is 3. The van der Waals surface area contributed by atoms with Gasteiger partial charge in [-0.1, -0.05) is 0 Å². The lowest BCUT2D eigenvalue weighted by atomic mass is 9.80. The van der Waals surface area contributed by atoms with Crippen molar-refractivity contribution in [2.45, 2.75) is 25.0 Å². The maximum atomic E-state index is 11.3. The van der Waals surface area contributed by atoms with Crippen molar-refractivity contribution in [1.82, 2.24) is 0 Å². The second kappa shape index (κ2) is 1.91. The quantitative estimate of drug-likeness (QED) is 0.579. The molecule has 2 fully saturated rings. The Kier molecular flexibility index (Phi) is 1.06. The summed E-state index contributed by atoms with van der Waals surface area (Å²) in [4.78, 5) is 11.3. The van der Waals surface area contributed by atoms with Crippen LogP contribution in [0.3, 0.4) is 0 Å². The van der Waals surface area contributed by atoms with E-state index >= 15 is 0 Å². The Hall–Kier alpha value is -0.830. The van der Waals surface area contributed by atoms with Crippen molar-refractivity contribution in [2.24, 2.45) is 11.8 Å². The summed E-state index contributed by atoms with van der Waals surface area (Å²) in [5, 5.41) is 9.45. The second-order valence-corrected chi connectivity index (χ2v) is 3.81. The van der Waals surface area contributed by atoms with Gasteiger partial charge in [-0.05, 0) is 12.8 Å². The summed E-state index contributed by atoms with van der Waals surface area (Å²) in [6.45, 7) is 0. The number of ketones is 1. The normalized spacial score (nSPS) is 49.7. The van der Waals surface area contributed by atoms with E-state index in [0.29, 0.717) is 0 Å². The van der Waals surface area contributed by atoms with E-state index in [1.807, 2.05) is 0 Å². The van der Waals surface area contributed by atoms with Crippen LogP contribution in [0.5, 0.6) is 0 Å².